The lowest BCUT2D eigenvalue weighted by Gasteiger charge is -2.21. The highest BCUT2D eigenvalue weighted by Gasteiger charge is 2.27. The van der Waals surface area contributed by atoms with Crippen LogP contribution in [0.25, 0.3) is 10.8 Å². The van der Waals surface area contributed by atoms with Gasteiger partial charge in [-0.25, -0.2) is 0 Å². The summed E-state index contributed by atoms with van der Waals surface area (Å²) in [4.78, 5) is 2.51. The summed E-state index contributed by atoms with van der Waals surface area (Å²) in [6.07, 6.45) is 0. The molecule has 20 heavy (non-hydrogen) atoms. The Morgan fingerprint density at radius 3 is 2.40 bits per heavy atom. The minimum absolute atomic E-state index is 0.108. The van der Waals surface area contributed by atoms with E-state index in [9.17, 15) is 0 Å². The number of hydrogen-bond donors (Lipinski definition) is 1. The number of benzene rings is 2. The number of hydrogen-bond acceptors (Lipinski definition) is 2. The molecule has 2 aromatic rings. The monoisotopic (exact) mass is 268 g/mol. The highest BCUT2D eigenvalue weighted by Crippen LogP contribution is 2.25. The van der Waals surface area contributed by atoms with Gasteiger partial charge in [0.2, 0.25) is 0 Å². The van der Waals surface area contributed by atoms with Crippen LogP contribution >= 0.6 is 0 Å². The van der Waals surface area contributed by atoms with Crippen molar-refractivity contribution in [1.29, 1.82) is 0 Å². The molecule has 0 spiro atoms. The van der Waals surface area contributed by atoms with E-state index < -0.39 is 0 Å². The van der Waals surface area contributed by atoms with Crippen molar-refractivity contribution in [3.63, 3.8) is 0 Å². The van der Waals surface area contributed by atoms with Gasteiger partial charge in [-0.3, -0.25) is 0 Å². The number of likely N-dealkylation sites (tertiary alicyclic amines) is 1. The molecule has 0 aliphatic carbocycles. The molecule has 3 atom stereocenters. The van der Waals surface area contributed by atoms with Crippen LogP contribution in [0.1, 0.15) is 25.5 Å². The molecule has 3 rings (SSSR count). The van der Waals surface area contributed by atoms with Crippen molar-refractivity contribution in [2.24, 2.45) is 17.6 Å². The van der Waals surface area contributed by atoms with Gasteiger partial charge in [-0.05, 0) is 34.2 Å². The molecule has 0 aromatic heterocycles. The highest BCUT2D eigenvalue weighted by atomic mass is 15.2. The van der Waals surface area contributed by atoms with Gasteiger partial charge in [0.05, 0.1) is 0 Å². The maximum Gasteiger partial charge on any atom is 0.0424 e. The molecule has 1 saturated heterocycles. The van der Waals surface area contributed by atoms with Gasteiger partial charge in [0, 0.05) is 25.7 Å². The molecule has 0 amide bonds. The van der Waals surface area contributed by atoms with Gasteiger partial charge >= 0.3 is 0 Å². The SMILES string of the molecule is CC1CN(CC(N)c2ccc3ccccc3c2)CC1C. The maximum absolute atomic E-state index is 6.42. The Labute approximate surface area is 121 Å². The molecule has 0 saturated carbocycles. The Bertz CT molecular complexity index is 583. The first kappa shape index (κ1) is 13.6. The first-order chi connectivity index (χ1) is 9.63. The van der Waals surface area contributed by atoms with Crippen LogP contribution in [0.4, 0.5) is 0 Å². The van der Waals surface area contributed by atoms with Crippen LogP contribution in [0.3, 0.4) is 0 Å². The van der Waals surface area contributed by atoms with Crippen LogP contribution in [0.5, 0.6) is 0 Å². The molecule has 2 N–H and O–H groups in total. The highest BCUT2D eigenvalue weighted by molar-refractivity contribution is 5.83. The summed E-state index contributed by atoms with van der Waals surface area (Å²) in [6, 6.07) is 15.2. The third kappa shape index (κ3) is 2.72. The molecule has 1 aliphatic heterocycles. The van der Waals surface area contributed by atoms with Gasteiger partial charge in [0.1, 0.15) is 0 Å². The molecular formula is C18H24N2. The Morgan fingerprint density at radius 2 is 1.70 bits per heavy atom. The van der Waals surface area contributed by atoms with Crippen LogP contribution in [-0.2, 0) is 0 Å². The predicted molar refractivity (Wildman–Crippen MR) is 85.6 cm³/mol. The second-order valence-corrected chi connectivity index (χ2v) is 6.39. The Morgan fingerprint density at radius 1 is 1.05 bits per heavy atom. The van der Waals surface area contributed by atoms with E-state index in [1.54, 1.807) is 0 Å². The largest absolute Gasteiger partial charge is 0.323 e. The Hall–Kier alpha value is -1.38. The van der Waals surface area contributed by atoms with Crippen molar-refractivity contribution < 1.29 is 0 Å². The lowest BCUT2D eigenvalue weighted by Crippen LogP contribution is -2.30. The van der Waals surface area contributed by atoms with Crippen LogP contribution < -0.4 is 5.73 Å². The lowest BCUT2D eigenvalue weighted by molar-refractivity contribution is 0.303. The van der Waals surface area contributed by atoms with E-state index in [0.29, 0.717) is 0 Å². The minimum atomic E-state index is 0.108. The third-order valence-electron chi connectivity index (χ3n) is 4.72. The molecule has 2 heteroatoms. The first-order valence-corrected chi connectivity index (χ1v) is 7.60. The second-order valence-electron chi connectivity index (χ2n) is 6.39. The minimum Gasteiger partial charge on any atom is -0.323 e. The fourth-order valence-electron chi connectivity index (χ4n) is 3.22. The number of fused-ring (bicyclic) bond motifs is 1. The van der Waals surface area contributed by atoms with Crippen molar-refractivity contribution >= 4 is 10.8 Å². The maximum atomic E-state index is 6.42. The smallest absolute Gasteiger partial charge is 0.0424 e. The lowest BCUT2D eigenvalue weighted by atomic mass is 10.0. The van der Waals surface area contributed by atoms with Gasteiger partial charge in [-0.15, -0.1) is 0 Å². The van der Waals surface area contributed by atoms with Gasteiger partial charge in [0.15, 0.2) is 0 Å². The van der Waals surface area contributed by atoms with Crippen molar-refractivity contribution in [3.8, 4) is 0 Å². The summed E-state index contributed by atoms with van der Waals surface area (Å²) < 4.78 is 0. The predicted octanol–water partition coefficient (Wildman–Crippen LogP) is 3.43. The van der Waals surface area contributed by atoms with E-state index in [-0.39, 0.29) is 6.04 Å². The molecule has 1 fully saturated rings. The molecule has 1 aliphatic rings. The Kier molecular flexibility index (Phi) is 3.77. The number of nitrogens with zero attached hydrogens (tertiary/aromatic N) is 1. The normalized spacial score (nSPS) is 25.1. The van der Waals surface area contributed by atoms with E-state index in [1.165, 1.54) is 29.4 Å². The third-order valence-corrected chi connectivity index (χ3v) is 4.72. The van der Waals surface area contributed by atoms with Crippen molar-refractivity contribution in [1.82, 2.24) is 4.90 Å². The zero-order valence-electron chi connectivity index (χ0n) is 12.4. The van der Waals surface area contributed by atoms with Crippen molar-refractivity contribution in [2.75, 3.05) is 19.6 Å². The molecule has 0 radical (unpaired) electrons. The zero-order chi connectivity index (χ0) is 14.1. The van der Waals surface area contributed by atoms with Crippen LogP contribution in [0, 0.1) is 11.8 Å². The zero-order valence-corrected chi connectivity index (χ0v) is 12.4. The molecule has 2 nitrogen and oxygen atoms in total. The van der Waals surface area contributed by atoms with Gasteiger partial charge < -0.3 is 10.6 Å². The van der Waals surface area contributed by atoms with E-state index >= 15 is 0 Å². The summed E-state index contributed by atoms with van der Waals surface area (Å²) in [5.41, 5.74) is 7.66. The van der Waals surface area contributed by atoms with Crippen molar-refractivity contribution in [2.45, 2.75) is 19.9 Å². The van der Waals surface area contributed by atoms with Crippen LogP contribution in [0.15, 0.2) is 42.5 Å². The van der Waals surface area contributed by atoms with Crippen molar-refractivity contribution in [3.05, 3.63) is 48.0 Å². The fourth-order valence-corrected chi connectivity index (χ4v) is 3.22. The van der Waals surface area contributed by atoms with E-state index in [0.717, 1.165) is 18.4 Å². The average Bonchev–Trinajstić information content (AvgIpc) is 2.76. The summed E-state index contributed by atoms with van der Waals surface area (Å²) in [5, 5.41) is 2.57. The van der Waals surface area contributed by atoms with E-state index in [1.807, 2.05) is 0 Å². The summed E-state index contributed by atoms with van der Waals surface area (Å²) in [5.74, 6) is 1.58. The molecule has 1 heterocycles. The van der Waals surface area contributed by atoms with Crippen LogP contribution in [-0.4, -0.2) is 24.5 Å². The summed E-state index contributed by atoms with van der Waals surface area (Å²) in [7, 11) is 0. The molecule has 3 unspecified atom stereocenters. The summed E-state index contributed by atoms with van der Waals surface area (Å²) >= 11 is 0. The van der Waals surface area contributed by atoms with E-state index in [4.69, 9.17) is 5.73 Å². The van der Waals surface area contributed by atoms with E-state index in [2.05, 4.69) is 61.2 Å². The second kappa shape index (κ2) is 5.55. The quantitative estimate of drug-likeness (QED) is 0.924. The van der Waals surface area contributed by atoms with Gasteiger partial charge in [-0.1, -0.05) is 50.2 Å². The van der Waals surface area contributed by atoms with Gasteiger partial charge in [0.25, 0.3) is 0 Å². The van der Waals surface area contributed by atoms with Gasteiger partial charge in [-0.2, -0.15) is 0 Å². The number of rotatable bonds is 3. The van der Waals surface area contributed by atoms with Crippen LogP contribution in [0.2, 0.25) is 0 Å². The topological polar surface area (TPSA) is 29.3 Å². The average molecular weight is 268 g/mol. The summed E-state index contributed by atoms with van der Waals surface area (Å²) in [6.45, 7) is 8.01. The number of nitrogens with two attached hydrogens (primary N) is 1. The Balaban J connectivity index is 1.74. The molecular weight excluding hydrogens is 244 g/mol. The fraction of sp³-hybridized carbons (Fsp3) is 0.444. The molecule has 2 aromatic carbocycles. The standard InChI is InChI=1S/C18H24N2/c1-13-10-20(11-14(13)2)12-18(19)17-8-7-15-5-3-4-6-16(15)9-17/h3-9,13-14,18H,10-12,19H2,1-2H3. The molecule has 0 bridgehead atoms. The molecule has 106 valence electrons. The first-order valence-electron chi connectivity index (χ1n) is 7.60.